The number of carbonyl (C=O) groups is 1. The quantitative estimate of drug-likeness (QED) is 0.806. The molecule has 1 N–H and O–H groups in total. The number of hydrogen-bond donors (Lipinski definition) is 1. The zero-order valence-electron chi connectivity index (χ0n) is 8.23. The van der Waals surface area contributed by atoms with Crippen LogP contribution in [0.1, 0.15) is 15.9 Å². The molecule has 76 valence electrons. The highest BCUT2D eigenvalue weighted by molar-refractivity contribution is 7.99. The minimum absolute atomic E-state index is 0.705. The van der Waals surface area contributed by atoms with Crippen LogP contribution in [0.25, 0.3) is 0 Å². The lowest BCUT2D eigenvalue weighted by atomic mass is 10.2. The smallest absolute Gasteiger partial charge is 0.170 e. The summed E-state index contributed by atoms with van der Waals surface area (Å²) in [6.07, 6.45) is 4.33. The number of H-pyrrole nitrogens is 1. The Morgan fingerprint density at radius 3 is 3.00 bits per heavy atom. The van der Waals surface area contributed by atoms with Gasteiger partial charge in [-0.25, -0.2) is 4.98 Å². The van der Waals surface area contributed by atoms with E-state index in [1.807, 2.05) is 25.1 Å². The SMILES string of the molecule is Cc1ccc(Sc2ncc[nH]2)c(C=O)c1. The average molecular weight is 218 g/mol. The summed E-state index contributed by atoms with van der Waals surface area (Å²) < 4.78 is 0. The molecular weight excluding hydrogens is 208 g/mol. The second-order valence-corrected chi connectivity index (χ2v) is 4.19. The molecular formula is C11H10N2OS. The van der Waals surface area contributed by atoms with E-state index in [0.717, 1.165) is 21.9 Å². The molecule has 0 aliphatic rings. The Balaban J connectivity index is 2.32. The molecule has 0 radical (unpaired) electrons. The molecule has 0 aliphatic carbocycles. The van der Waals surface area contributed by atoms with Crippen LogP contribution in [0.3, 0.4) is 0 Å². The predicted octanol–water partition coefficient (Wildman–Crippen LogP) is 2.68. The Labute approximate surface area is 91.9 Å². The standard InChI is InChI=1S/C11H10N2OS/c1-8-2-3-10(9(6-8)7-14)15-11-12-4-5-13-11/h2-7H,1H3,(H,12,13). The molecule has 15 heavy (non-hydrogen) atoms. The van der Waals surface area contributed by atoms with E-state index in [4.69, 9.17) is 0 Å². The van der Waals surface area contributed by atoms with Gasteiger partial charge in [-0.2, -0.15) is 0 Å². The molecule has 1 aromatic heterocycles. The number of imidazole rings is 1. The van der Waals surface area contributed by atoms with Crippen LogP contribution < -0.4 is 0 Å². The Kier molecular flexibility index (Phi) is 2.87. The average Bonchev–Trinajstić information content (AvgIpc) is 2.73. The van der Waals surface area contributed by atoms with E-state index in [9.17, 15) is 4.79 Å². The van der Waals surface area contributed by atoms with Crippen molar-refractivity contribution in [1.82, 2.24) is 9.97 Å². The molecule has 0 amide bonds. The Morgan fingerprint density at radius 2 is 2.33 bits per heavy atom. The lowest BCUT2D eigenvalue weighted by Crippen LogP contribution is -1.87. The third-order valence-electron chi connectivity index (χ3n) is 1.97. The summed E-state index contributed by atoms with van der Waals surface area (Å²) in [6, 6.07) is 5.79. The van der Waals surface area contributed by atoms with E-state index in [1.165, 1.54) is 11.8 Å². The molecule has 1 aromatic carbocycles. The number of nitrogens with one attached hydrogen (secondary N) is 1. The van der Waals surface area contributed by atoms with Crippen molar-refractivity contribution in [2.75, 3.05) is 0 Å². The second-order valence-electron chi connectivity index (χ2n) is 3.16. The largest absolute Gasteiger partial charge is 0.339 e. The first-order valence-electron chi connectivity index (χ1n) is 4.52. The van der Waals surface area contributed by atoms with Gasteiger partial charge in [0, 0.05) is 22.9 Å². The molecule has 1 heterocycles. The van der Waals surface area contributed by atoms with Crippen molar-refractivity contribution in [3.8, 4) is 0 Å². The molecule has 0 saturated heterocycles. The van der Waals surface area contributed by atoms with Crippen LogP contribution in [-0.2, 0) is 0 Å². The topological polar surface area (TPSA) is 45.8 Å². The van der Waals surface area contributed by atoms with Crippen molar-refractivity contribution in [3.05, 3.63) is 41.7 Å². The van der Waals surface area contributed by atoms with Crippen molar-refractivity contribution in [1.29, 1.82) is 0 Å². The molecule has 3 nitrogen and oxygen atoms in total. The minimum Gasteiger partial charge on any atom is -0.339 e. The zero-order chi connectivity index (χ0) is 10.7. The molecule has 0 spiro atoms. The first-order valence-corrected chi connectivity index (χ1v) is 5.34. The number of aldehydes is 1. The normalized spacial score (nSPS) is 10.2. The van der Waals surface area contributed by atoms with Crippen LogP contribution >= 0.6 is 11.8 Å². The van der Waals surface area contributed by atoms with Gasteiger partial charge in [0.05, 0.1) is 0 Å². The van der Waals surface area contributed by atoms with Gasteiger partial charge in [-0.15, -0.1) is 0 Å². The first kappa shape index (κ1) is 9.98. The molecule has 0 atom stereocenters. The monoisotopic (exact) mass is 218 g/mol. The molecule has 2 rings (SSSR count). The van der Waals surface area contributed by atoms with Crippen LogP contribution in [0.2, 0.25) is 0 Å². The Morgan fingerprint density at radius 1 is 1.47 bits per heavy atom. The fourth-order valence-electron chi connectivity index (χ4n) is 1.26. The summed E-state index contributed by atoms with van der Waals surface area (Å²) >= 11 is 1.46. The molecule has 4 heteroatoms. The van der Waals surface area contributed by atoms with E-state index in [-0.39, 0.29) is 0 Å². The molecule has 0 aliphatic heterocycles. The van der Waals surface area contributed by atoms with Crippen LogP contribution in [-0.4, -0.2) is 16.3 Å². The molecule has 2 aromatic rings. The van der Waals surface area contributed by atoms with E-state index < -0.39 is 0 Å². The van der Waals surface area contributed by atoms with Crippen LogP contribution in [0, 0.1) is 6.92 Å². The Hall–Kier alpha value is -1.55. The van der Waals surface area contributed by atoms with Crippen LogP contribution in [0.15, 0.2) is 40.6 Å². The summed E-state index contributed by atoms with van der Waals surface area (Å²) in [5.41, 5.74) is 1.79. The number of aromatic nitrogens is 2. The maximum Gasteiger partial charge on any atom is 0.170 e. The number of aromatic amines is 1. The summed E-state index contributed by atoms with van der Waals surface area (Å²) in [6.45, 7) is 1.97. The number of carbonyl (C=O) groups excluding carboxylic acids is 1. The van der Waals surface area contributed by atoms with E-state index in [2.05, 4.69) is 9.97 Å². The van der Waals surface area contributed by atoms with E-state index in [1.54, 1.807) is 12.4 Å². The van der Waals surface area contributed by atoms with Gasteiger partial charge in [-0.1, -0.05) is 23.4 Å². The van der Waals surface area contributed by atoms with Crippen molar-refractivity contribution in [2.45, 2.75) is 17.0 Å². The van der Waals surface area contributed by atoms with Gasteiger partial charge in [0.15, 0.2) is 11.4 Å². The number of hydrogen-bond acceptors (Lipinski definition) is 3. The highest BCUT2D eigenvalue weighted by Gasteiger charge is 2.05. The van der Waals surface area contributed by atoms with Gasteiger partial charge in [-0.05, 0) is 19.1 Å². The van der Waals surface area contributed by atoms with Gasteiger partial charge in [0.1, 0.15) is 0 Å². The summed E-state index contributed by atoms with van der Waals surface area (Å²) in [5.74, 6) is 0. The fourth-order valence-corrected chi connectivity index (χ4v) is 2.07. The molecule has 0 fully saturated rings. The first-order chi connectivity index (χ1) is 7.29. The third kappa shape index (κ3) is 2.27. The highest BCUT2D eigenvalue weighted by Crippen LogP contribution is 2.27. The van der Waals surface area contributed by atoms with Crippen LogP contribution in [0.4, 0.5) is 0 Å². The van der Waals surface area contributed by atoms with Crippen molar-refractivity contribution in [3.63, 3.8) is 0 Å². The maximum absolute atomic E-state index is 10.9. The highest BCUT2D eigenvalue weighted by atomic mass is 32.2. The third-order valence-corrected chi connectivity index (χ3v) is 2.98. The van der Waals surface area contributed by atoms with Crippen molar-refractivity contribution in [2.24, 2.45) is 0 Å². The van der Waals surface area contributed by atoms with Crippen molar-refractivity contribution < 1.29 is 4.79 Å². The van der Waals surface area contributed by atoms with Crippen molar-refractivity contribution >= 4 is 18.0 Å². The van der Waals surface area contributed by atoms with Gasteiger partial charge in [0.25, 0.3) is 0 Å². The number of rotatable bonds is 3. The molecule has 0 saturated carbocycles. The van der Waals surface area contributed by atoms with Crippen LogP contribution in [0.5, 0.6) is 0 Å². The molecule has 0 bridgehead atoms. The van der Waals surface area contributed by atoms with E-state index in [0.29, 0.717) is 5.56 Å². The zero-order valence-corrected chi connectivity index (χ0v) is 9.04. The maximum atomic E-state index is 10.9. The summed E-state index contributed by atoms with van der Waals surface area (Å²) in [7, 11) is 0. The molecule has 0 unspecified atom stereocenters. The van der Waals surface area contributed by atoms with Gasteiger partial charge in [0.2, 0.25) is 0 Å². The lowest BCUT2D eigenvalue weighted by molar-refractivity contribution is 0.112. The van der Waals surface area contributed by atoms with Gasteiger partial charge < -0.3 is 4.98 Å². The second kappa shape index (κ2) is 4.31. The van der Waals surface area contributed by atoms with Gasteiger partial charge in [-0.3, -0.25) is 4.79 Å². The Bertz CT molecular complexity index is 465. The summed E-state index contributed by atoms with van der Waals surface area (Å²) in [4.78, 5) is 18.9. The fraction of sp³-hybridized carbons (Fsp3) is 0.0909. The van der Waals surface area contributed by atoms with E-state index >= 15 is 0 Å². The number of nitrogens with zero attached hydrogens (tertiary/aromatic N) is 1. The predicted molar refractivity (Wildman–Crippen MR) is 59.3 cm³/mol. The number of benzene rings is 1. The minimum atomic E-state index is 0.705. The summed E-state index contributed by atoms with van der Waals surface area (Å²) in [5, 5.41) is 0.793. The number of aryl methyl sites for hydroxylation is 1. The van der Waals surface area contributed by atoms with Gasteiger partial charge >= 0.3 is 0 Å². The lowest BCUT2D eigenvalue weighted by Gasteiger charge is -2.02.